The zero-order valence-electron chi connectivity index (χ0n) is 47.7. The number of phosphoric acid groups is 1. The van der Waals surface area contributed by atoms with Crippen LogP contribution in [0.4, 0.5) is 0 Å². The van der Waals surface area contributed by atoms with Crippen LogP contribution in [0, 0.1) is 0 Å². The summed E-state index contributed by atoms with van der Waals surface area (Å²) in [6.45, 7) is 4.20. The molecule has 2 N–H and O–H groups in total. The van der Waals surface area contributed by atoms with Gasteiger partial charge in [0.2, 0.25) is 0 Å². The van der Waals surface area contributed by atoms with Crippen molar-refractivity contribution in [3.8, 4) is 0 Å². The standard InChI is InChI=1S/C64H105O11P/c1-4-7-10-13-16-19-22-25-28-29-30-31-34-37-40-43-46-49-52-55-64(68)75-61(57-71-62(66)53-50-47-44-41-38-35-32-26-23-20-17-14-11-8-5-2)59-73-76(69,70)72-58-60(56-65)74-63(67)54-51-48-45-42-39-36-33-27-24-21-18-15-12-9-6-3/h8-9,11-12,17-18,20-21,26-27,32-33,38-39,41-42,47-48,50-51,60-61,65H,4-7,10,13-16,19,22-25,28-31,34-37,40,43-46,49,52-59H2,1-3H3,(H,69,70)/b11-8-,12-9-,20-17-,21-18-,32-26-,33-27-,41-38-,42-39-,50-47-,51-48-. The average molecular weight is 1080 g/mol. The van der Waals surface area contributed by atoms with Gasteiger partial charge in [0.05, 0.1) is 32.7 Å². The lowest BCUT2D eigenvalue weighted by molar-refractivity contribution is -0.161. The number of phosphoric ester groups is 1. The highest BCUT2D eigenvalue weighted by atomic mass is 31.2. The summed E-state index contributed by atoms with van der Waals surface area (Å²) in [4.78, 5) is 48.4. The van der Waals surface area contributed by atoms with Crippen LogP contribution in [-0.4, -0.2) is 66.5 Å². The number of hydrogen-bond acceptors (Lipinski definition) is 10. The summed E-state index contributed by atoms with van der Waals surface area (Å²) in [5, 5.41) is 9.79. The maximum atomic E-state index is 12.9. The minimum absolute atomic E-state index is 0.0155. The molecule has 0 heterocycles. The van der Waals surface area contributed by atoms with Crippen molar-refractivity contribution in [1.82, 2.24) is 0 Å². The number of carbonyl (C=O) groups excluding carboxylic acids is 3. The topological polar surface area (TPSA) is 155 Å². The molecule has 0 aromatic heterocycles. The van der Waals surface area contributed by atoms with E-state index in [1.165, 1.54) is 96.3 Å². The molecule has 0 aromatic rings. The monoisotopic (exact) mass is 1080 g/mol. The number of rotatable bonds is 53. The molecule has 0 aliphatic heterocycles. The van der Waals surface area contributed by atoms with Gasteiger partial charge in [0.25, 0.3) is 0 Å². The van der Waals surface area contributed by atoms with E-state index in [0.717, 1.165) is 70.6 Å². The van der Waals surface area contributed by atoms with E-state index in [0.29, 0.717) is 19.3 Å². The molecule has 0 fully saturated rings. The minimum atomic E-state index is -4.80. The summed E-state index contributed by atoms with van der Waals surface area (Å²) in [5.74, 6) is -1.76. The number of hydrogen-bond donors (Lipinski definition) is 2. The molecule has 3 atom stereocenters. The Morgan fingerprint density at radius 1 is 0.382 bits per heavy atom. The molecular weight excluding hydrogens is 976 g/mol. The van der Waals surface area contributed by atoms with Gasteiger partial charge < -0.3 is 24.2 Å². The van der Waals surface area contributed by atoms with Gasteiger partial charge in [-0.3, -0.25) is 23.4 Å². The summed E-state index contributed by atoms with van der Waals surface area (Å²) in [7, 11) is -4.80. The van der Waals surface area contributed by atoms with Gasteiger partial charge in [0.15, 0.2) is 6.10 Å². The third-order valence-corrected chi connectivity index (χ3v) is 12.9. The molecule has 76 heavy (non-hydrogen) atoms. The van der Waals surface area contributed by atoms with Crippen LogP contribution in [-0.2, 0) is 42.2 Å². The molecule has 432 valence electrons. The van der Waals surface area contributed by atoms with Crippen LogP contribution in [0.2, 0.25) is 0 Å². The predicted octanol–water partition coefficient (Wildman–Crippen LogP) is 17.6. The molecule has 11 nitrogen and oxygen atoms in total. The lowest BCUT2D eigenvalue weighted by Crippen LogP contribution is -2.30. The van der Waals surface area contributed by atoms with Gasteiger partial charge in [-0.15, -0.1) is 0 Å². The first kappa shape index (κ1) is 71.9. The third kappa shape index (κ3) is 54.7. The van der Waals surface area contributed by atoms with Gasteiger partial charge >= 0.3 is 25.7 Å². The van der Waals surface area contributed by atoms with E-state index in [2.05, 4.69) is 99.8 Å². The van der Waals surface area contributed by atoms with Crippen molar-refractivity contribution in [1.29, 1.82) is 0 Å². The van der Waals surface area contributed by atoms with Gasteiger partial charge in [-0.05, 0) is 70.6 Å². The summed E-state index contributed by atoms with van der Waals surface area (Å²) in [6.07, 6.45) is 70.8. The number of aliphatic hydroxyl groups excluding tert-OH is 1. The Morgan fingerprint density at radius 3 is 1.04 bits per heavy atom. The smallest absolute Gasteiger partial charge is 0.461 e. The van der Waals surface area contributed by atoms with E-state index in [1.807, 2.05) is 30.4 Å². The molecule has 0 rings (SSSR count). The summed E-state index contributed by atoms with van der Waals surface area (Å²) < 4.78 is 39.3. The van der Waals surface area contributed by atoms with E-state index in [1.54, 1.807) is 12.2 Å². The molecular formula is C64H105O11P. The fourth-order valence-electron chi connectivity index (χ4n) is 7.56. The number of esters is 3. The summed E-state index contributed by atoms with van der Waals surface area (Å²) in [6, 6.07) is 0. The van der Waals surface area contributed by atoms with Crippen molar-refractivity contribution >= 4 is 25.7 Å². The third-order valence-electron chi connectivity index (χ3n) is 11.9. The van der Waals surface area contributed by atoms with Gasteiger partial charge in [-0.1, -0.05) is 258 Å². The second-order valence-electron chi connectivity index (χ2n) is 19.1. The molecule has 0 aliphatic carbocycles. The Kier molecular flexibility index (Phi) is 54.0. The number of carbonyl (C=O) groups is 3. The van der Waals surface area contributed by atoms with Crippen molar-refractivity contribution < 1.29 is 52.2 Å². The molecule has 0 aliphatic rings. The van der Waals surface area contributed by atoms with Crippen molar-refractivity contribution in [2.45, 2.75) is 238 Å². The Bertz CT molecular complexity index is 1740. The highest BCUT2D eigenvalue weighted by Crippen LogP contribution is 2.43. The Labute approximate surface area is 462 Å². The van der Waals surface area contributed by atoms with E-state index in [-0.39, 0.29) is 19.3 Å². The lowest BCUT2D eigenvalue weighted by Gasteiger charge is -2.21. The van der Waals surface area contributed by atoms with Gasteiger partial charge in [0, 0.05) is 6.42 Å². The molecule has 0 aromatic carbocycles. The number of allylic oxidation sites excluding steroid dienone is 18. The Balaban J connectivity index is 4.88. The normalized spacial score (nSPS) is 14.2. The first-order valence-corrected chi connectivity index (χ1v) is 30.9. The highest BCUT2D eigenvalue weighted by Gasteiger charge is 2.28. The summed E-state index contributed by atoms with van der Waals surface area (Å²) >= 11 is 0. The fourth-order valence-corrected chi connectivity index (χ4v) is 8.35. The van der Waals surface area contributed by atoms with E-state index in [4.69, 9.17) is 23.3 Å². The van der Waals surface area contributed by atoms with Gasteiger partial charge in [0.1, 0.15) is 12.7 Å². The van der Waals surface area contributed by atoms with Gasteiger partial charge in [-0.2, -0.15) is 0 Å². The SMILES string of the molecule is CC/C=C\C/C=C\C/C=C\C/C=C\C/C=C\CC(=O)OCC(COP(=O)(O)OCC(CO)OC(=O)C/C=C\C/C=C\C/C=C\C/C=C\C/C=C\CC)OC(=O)CCCCCCCCCCCCCCCCCCCCC. The molecule has 0 radical (unpaired) electrons. The van der Waals surface area contributed by atoms with Crippen LogP contribution in [0.1, 0.15) is 226 Å². The highest BCUT2D eigenvalue weighted by molar-refractivity contribution is 7.47. The minimum Gasteiger partial charge on any atom is -0.461 e. The molecule has 0 saturated heterocycles. The zero-order valence-corrected chi connectivity index (χ0v) is 48.6. The van der Waals surface area contributed by atoms with Gasteiger partial charge in [-0.25, -0.2) is 4.57 Å². The maximum Gasteiger partial charge on any atom is 0.472 e. The molecule has 0 amide bonds. The number of aliphatic hydroxyl groups is 1. The fraction of sp³-hybridized carbons (Fsp3) is 0.641. The number of unbranched alkanes of at least 4 members (excludes halogenated alkanes) is 18. The van der Waals surface area contributed by atoms with E-state index >= 15 is 0 Å². The molecule has 3 unspecified atom stereocenters. The average Bonchev–Trinajstić information content (AvgIpc) is 3.41. The molecule has 12 heteroatoms. The second-order valence-corrected chi connectivity index (χ2v) is 20.5. The predicted molar refractivity (Wildman–Crippen MR) is 316 cm³/mol. The molecule has 0 saturated carbocycles. The van der Waals surface area contributed by atoms with E-state index in [9.17, 15) is 28.9 Å². The van der Waals surface area contributed by atoms with Crippen molar-refractivity contribution in [2.24, 2.45) is 0 Å². The van der Waals surface area contributed by atoms with Crippen LogP contribution >= 0.6 is 7.82 Å². The van der Waals surface area contributed by atoms with Crippen molar-refractivity contribution in [3.63, 3.8) is 0 Å². The van der Waals surface area contributed by atoms with Crippen LogP contribution in [0.25, 0.3) is 0 Å². The van der Waals surface area contributed by atoms with Crippen LogP contribution in [0.5, 0.6) is 0 Å². The maximum absolute atomic E-state index is 12.9. The molecule has 0 spiro atoms. The zero-order chi connectivity index (χ0) is 55.5. The van der Waals surface area contributed by atoms with Crippen molar-refractivity contribution in [3.05, 3.63) is 122 Å². The largest absolute Gasteiger partial charge is 0.472 e. The first-order chi connectivity index (χ1) is 37.2. The lowest BCUT2D eigenvalue weighted by atomic mass is 10.0. The quantitative estimate of drug-likeness (QED) is 0.0197. The molecule has 0 bridgehead atoms. The second kappa shape index (κ2) is 57.1. The van der Waals surface area contributed by atoms with Crippen LogP contribution < -0.4 is 0 Å². The number of ether oxygens (including phenoxy) is 3. The van der Waals surface area contributed by atoms with Crippen LogP contribution in [0.3, 0.4) is 0 Å². The van der Waals surface area contributed by atoms with Crippen molar-refractivity contribution in [2.75, 3.05) is 26.4 Å². The van der Waals surface area contributed by atoms with E-state index < -0.39 is 64.4 Å². The summed E-state index contributed by atoms with van der Waals surface area (Å²) in [5.41, 5.74) is 0. The Hall–Kier alpha value is -4.12. The first-order valence-electron chi connectivity index (χ1n) is 29.4. The Morgan fingerprint density at radius 2 is 0.684 bits per heavy atom. The van der Waals surface area contributed by atoms with Crippen LogP contribution in [0.15, 0.2) is 122 Å².